The molecule has 0 spiro atoms. The first-order valence-corrected chi connectivity index (χ1v) is 3.74. The van der Waals surface area contributed by atoms with E-state index in [9.17, 15) is 0 Å². The molecule has 0 aliphatic heterocycles. The number of aromatic nitrogens is 4. The molecule has 0 radical (unpaired) electrons. The number of rotatable bonds is 1. The summed E-state index contributed by atoms with van der Waals surface area (Å²) < 4.78 is 1.83. The van der Waals surface area contributed by atoms with Crippen LogP contribution in [-0.4, -0.2) is 19.5 Å². The van der Waals surface area contributed by atoms with E-state index >= 15 is 0 Å². The first-order valence-electron chi connectivity index (χ1n) is 3.74. The van der Waals surface area contributed by atoms with E-state index in [4.69, 9.17) is 5.26 Å². The van der Waals surface area contributed by atoms with Crippen molar-refractivity contribution in [3.8, 4) is 17.7 Å². The quantitative estimate of drug-likeness (QED) is 0.689. The number of aromatic amines is 1. The minimum atomic E-state index is 0.443. The molecule has 0 fully saturated rings. The molecule has 5 heteroatoms. The summed E-state index contributed by atoms with van der Waals surface area (Å²) in [5, 5.41) is 8.57. The minimum Gasteiger partial charge on any atom is -0.331 e. The molecule has 0 saturated heterocycles. The van der Waals surface area contributed by atoms with Crippen LogP contribution in [0, 0.1) is 11.3 Å². The van der Waals surface area contributed by atoms with Crippen LogP contribution in [0.2, 0.25) is 0 Å². The Kier molecular flexibility index (Phi) is 1.60. The summed E-state index contributed by atoms with van der Waals surface area (Å²) in [6.45, 7) is 0. The molecule has 0 aliphatic rings. The number of imidazole rings is 2. The fourth-order valence-electron chi connectivity index (χ4n) is 1.09. The fraction of sp³-hybridized carbons (Fsp3) is 0.125. The third-order valence-corrected chi connectivity index (χ3v) is 1.73. The Morgan fingerprint density at radius 1 is 1.54 bits per heavy atom. The zero-order valence-electron chi connectivity index (χ0n) is 7.02. The SMILES string of the molecule is Cn1ccnc1-c1ncc(C#N)[nH]1. The van der Waals surface area contributed by atoms with Crippen LogP contribution < -0.4 is 0 Å². The summed E-state index contributed by atoms with van der Waals surface area (Å²) in [7, 11) is 1.87. The highest BCUT2D eigenvalue weighted by Gasteiger charge is 2.06. The molecular formula is C8H7N5. The van der Waals surface area contributed by atoms with Crippen LogP contribution in [0.4, 0.5) is 0 Å². The lowest BCUT2D eigenvalue weighted by atomic mass is 10.5. The highest BCUT2D eigenvalue weighted by Crippen LogP contribution is 2.11. The predicted octanol–water partition coefficient (Wildman–Crippen LogP) is 0.682. The molecule has 0 saturated carbocycles. The summed E-state index contributed by atoms with van der Waals surface area (Å²) in [5.74, 6) is 1.34. The molecule has 64 valence electrons. The molecule has 2 aromatic rings. The molecule has 0 unspecified atom stereocenters. The van der Waals surface area contributed by atoms with Crippen molar-refractivity contribution in [2.45, 2.75) is 0 Å². The van der Waals surface area contributed by atoms with E-state index in [2.05, 4.69) is 15.0 Å². The maximum atomic E-state index is 8.57. The molecule has 2 aromatic heterocycles. The summed E-state index contributed by atoms with van der Waals surface area (Å²) >= 11 is 0. The molecule has 0 amide bonds. The van der Waals surface area contributed by atoms with Crippen LogP contribution in [0.15, 0.2) is 18.6 Å². The average molecular weight is 173 g/mol. The monoisotopic (exact) mass is 173 g/mol. The number of nitrogens with zero attached hydrogens (tertiary/aromatic N) is 4. The van der Waals surface area contributed by atoms with Crippen LogP contribution in [0.5, 0.6) is 0 Å². The lowest BCUT2D eigenvalue weighted by molar-refractivity contribution is 0.912. The Labute approximate surface area is 74.7 Å². The number of hydrogen-bond acceptors (Lipinski definition) is 3. The van der Waals surface area contributed by atoms with Gasteiger partial charge in [-0.05, 0) is 0 Å². The van der Waals surface area contributed by atoms with Crippen molar-refractivity contribution in [3.05, 3.63) is 24.3 Å². The van der Waals surface area contributed by atoms with Crippen LogP contribution >= 0.6 is 0 Å². The van der Waals surface area contributed by atoms with Crippen molar-refractivity contribution in [3.63, 3.8) is 0 Å². The van der Waals surface area contributed by atoms with E-state index in [0.29, 0.717) is 11.5 Å². The standard InChI is InChI=1S/C8H7N5/c1-13-3-2-10-8(13)7-11-5-6(4-9)12-7/h2-3,5H,1H3,(H,11,12). The molecule has 5 nitrogen and oxygen atoms in total. The second-order valence-corrected chi connectivity index (χ2v) is 2.62. The van der Waals surface area contributed by atoms with Crippen LogP contribution in [0.25, 0.3) is 11.6 Å². The van der Waals surface area contributed by atoms with Gasteiger partial charge in [0.1, 0.15) is 11.8 Å². The van der Waals surface area contributed by atoms with Crippen molar-refractivity contribution in [1.82, 2.24) is 19.5 Å². The molecule has 0 atom stereocenters. The fourth-order valence-corrected chi connectivity index (χ4v) is 1.09. The van der Waals surface area contributed by atoms with Crippen LogP contribution in [-0.2, 0) is 7.05 Å². The van der Waals surface area contributed by atoms with E-state index in [0.717, 1.165) is 5.82 Å². The third kappa shape index (κ3) is 1.18. The topological polar surface area (TPSA) is 70.3 Å². The molecule has 13 heavy (non-hydrogen) atoms. The van der Waals surface area contributed by atoms with Gasteiger partial charge in [0.05, 0.1) is 6.20 Å². The number of aryl methyl sites for hydroxylation is 1. The Morgan fingerprint density at radius 2 is 2.38 bits per heavy atom. The van der Waals surface area contributed by atoms with Crippen LogP contribution in [0.1, 0.15) is 5.69 Å². The first-order chi connectivity index (χ1) is 6.31. The Balaban J connectivity index is 2.48. The van der Waals surface area contributed by atoms with Gasteiger partial charge in [-0.1, -0.05) is 0 Å². The van der Waals surface area contributed by atoms with Gasteiger partial charge in [0.2, 0.25) is 0 Å². The Morgan fingerprint density at radius 3 is 2.92 bits per heavy atom. The molecule has 2 heterocycles. The highest BCUT2D eigenvalue weighted by molar-refractivity contribution is 5.45. The van der Waals surface area contributed by atoms with Gasteiger partial charge in [-0.3, -0.25) is 0 Å². The molecule has 2 rings (SSSR count). The first kappa shape index (κ1) is 7.55. The van der Waals surface area contributed by atoms with E-state index in [1.54, 1.807) is 6.20 Å². The van der Waals surface area contributed by atoms with E-state index in [1.807, 2.05) is 23.9 Å². The predicted molar refractivity (Wildman–Crippen MR) is 45.5 cm³/mol. The normalized spacial score (nSPS) is 9.85. The van der Waals surface area contributed by atoms with Gasteiger partial charge in [-0.2, -0.15) is 5.26 Å². The van der Waals surface area contributed by atoms with Crippen molar-refractivity contribution in [2.75, 3.05) is 0 Å². The van der Waals surface area contributed by atoms with Gasteiger partial charge < -0.3 is 9.55 Å². The Hall–Kier alpha value is -2.09. The van der Waals surface area contributed by atoms with E-state index < -0.39 is 0 Å². The maximum Gasteiger partial charge on any atom is 0.175 e. The summed E-state index contributed by atoms with van der Waals surface area (Å²) in [6, 6.07) is 1.97. The second-order valence-electron chi connectivity index (χ2n) is 2.62. The zero-order chi connectivity index (χ0) is 9.26. The average Bonchev–Trinajstić information content (AvgIpc) is 2.71. The summed E-state index contributed by atoms with van der Waals surface area (Å²) in [4.78, 5) is 11.0. The van der Waals surface area contributed by atoms with E-state index in [-0.39, 0.29) is 0 Å². The van der Waals surface area contributed by atoms with E-state index in [1.165, 1.54) is 6.20 Å². The number of nitrogens with one attached hydrogen (secondary N) is 1. The van der Waals surface area contributed by atoms with Gasteiger partial charge >= 0.3 is 0 Å². The van der Waals surface area contributed by atoms with Gasteiger partial charge in [-0.25, -0.2) is 9.97 Å². The van der Waals surface area contributed by atoms with Crippen molar-refractivity contribution in [2.24, 2.45) is 7.05 Å². The smallest absolute Gasteiger partial charge is 0.175 e. The van der Waals surface area contributed by atoms with Gasteiger partial charge in [0.15, 0.2) is 11.6 Å². The van der Waals surface area contributed by atoms with Crippen molar-refractivity contribution < 1.29 is 0 Å². The number of nitriles is 1. The third-order valence-electron chi connectivity index (χ3n) is 1.73. The molecule has 0 bridgehead atoms. The highest BCUT2D eigenvalue weighted by atomic mass is 15.1. The van der Waals surface area contributed by atoms with Crippen LogP contribution in [0.3, 0.4) is 0 Å². The molecule has 0 aromatic carbocycles. The maximum absolute atomic E-state index is 8.57. The molecular weight excluding hydrogens is 166 g/mol. The van der Waals surface area contributed by atoms with Gasteiger partial charge in [0.25, 0.3) is 0 Å². The zero-order valence-corrected chi connectivity index (χ0v) is 7.02. The molecule has 1 N–H and O–H groups in total. The Bertz CT molecular complexity index is 459. The number of hydrogen-bond donors (Lipinski definition) is 1. The largest absolute Gasteiger partial charge is 0.331 e. The van der Waals surface area contributed by atoms with Crippen molar-refractivity contribution in [1.29, 1.82) is 5.26 Å². The van der Waals surface area contributed by atoms with Crippen molar-refractivity contribution >= 4 is 0 Å². The molecule has 0 aliphatic carbocycles. The summed E-state index contributed by atoms with van der Waals surface area (Å²) in [6.07, 6.45) is 5.00. The number of H-pyrrole nitrogens is 1. The van der Waals surface area contributed by atoms with Gasteiger partial charge in [0, 0.05) is 19.4 Å². The second kappa shape index (κ2) is 2.75. The summed E-state index contributed by atoms with van der Waals surface area (Å²) in [5.41, 5.74) is 0.443. The lowest BCUT2D eigenvalue weighted by Crippen LogP contribution is -1.92. The minimum absolute atomic E-state index is 0.443. The lowest BCUT2D eigenvalue weighted by Gasteiger charge is -1.94. The van der Waals surface area contributed by atoms with Gasteiger partial charge in [-0.15, -0.1) is 0 Å².